The minimum Gasteiger partial charge on any atom is -0.376 e. The van der Waals surface area contributed by atoms with Gasteiger partial charge in [-0.3, -0.25) is 4.79 Å². The molecule has 0 spiro atoms. The fraction of sp³-hybridized carbons (Fsp3) is 0.545. The van der Waals surface area contributed by atoms with Crippen LogP contribution in [0, 0.1) is 0 Å². The van der Waals surface area contributed by atoms with E-state index in [0.717, 1.165) is 6.42 Å². The van der Waals surface area contributed by atoms with Crippen molar-refractivity contribution in [3.8, 4) is 0 Å². The lowest BCUT2D eigenvalue weighted by molar-refractivity contribution is -0.147. The lowest BCUT2D eigenvalue weighted by Gasteiger charge is -2.21. The van der Waals surface area contributed by atoms with E-state index < -0.39 is 6.10 Å². The average Bonchev–Trinajstić information content (AvgIpc) is 2.83. The molecule has 0 saturated carbocycles. The Morgan fingerprint density at radius 2 is 2.50 bits per heavy atom. The minimum absolute atomic E-state index is 0.0729. The van der Waals surface area contributed by atoms with E-state index in [0.29, 0.717) is 26.4 Å². The highest BCUT2D eigenvalue weighted by Crippen LogP contribution is 2.08. The molecule has 1 amide bonds. The van der Waals surface area contributed by atoms with Gasteiger partial charge in [-0.2, -0.15) is 0 Å². The first-order valence-corrected chi connectivity index (χ1v) is 6.23. The molecular weight excluding hydrogens is 226 g/mol. The highest BCUT2D eigenvalue weighted by molar-refractivity contribution is 7.09. The van der Waals surface area contributed by atoms with Crippen LogP contribution in [0.25, 0.3) is 0 Å². The van der Waals surface area contributed by atoms with Crippen LogP contribution in [0.15, 0.2) is 17.5 Å². The number of carbonyl (C=O) groups excluding carboxylic acids is 1. The second kappa shape index (κ2) is 5.98. The van der Waals surface area contributed by atoms with Gasteiger partial charge in [-0.15, -0.1) is 11.3 Å². The predicted octanol–water partition coefficient (Wildman–Crippen LogP) is 0.822. The summed E-state index contributed by atoms with van der Waals surface area (Å²) in [5.74, 6) is -0.0729. The van der Waals surface area contributed by atoms with E-state index in [2.05, 4.69) is 11.4 Å². The van der Waals surface area contributed by atoms with Crippen LogP contribution in [0.4, 0.5) is 0 Å². The Bertz CT molecular complexity index is 320. The first-order chi connectivity index (χ1) is 7.86. The van der Waals surface area contributed by atoms with Gasteiger partial charge in [0, 0.05) is 11.4 Å². The van der Waals surface area contributed by atoms with Crippen molar-refractivity contribution in [1.82, 2.24) is 5.32 Å². The molecule has 0 bridgehead atoms. The Morgan fingerprint density at radius 3 is 3.19 bits per heavy atom. The van der Waals surface area contributed by atoms with E-state index in [4.69, 9.17) is 9.47 Å². The second-order valence-electron chi connectivity index (χ2n) is 3.55. The maximum absolute atomic E-state index is 11.6. The summed E-state index contributed by atoms with van der Waals surface area (Å²) in [5.41, 5.74) is 0. The molecule has 1 fully saturated rings. The number of hydrogen-bond donors (Lipinski definition) is 1. The smallest absolute Gasteiger partial charge is 0.251 e. The van der Waals surface area contributed by atoms with E-state index in [1.807, 2.05) is 11.4 Å². The van der Waals surface area contributed by atoms with E-state index in [1.54, 1.807) is 11.3 Å². The minimum atomic E-state index is -0.433. The van der Waals surface area contributed by atoms with E-state index in [1.165, 1.54) is 4.88 Å². The molecule has 1 atom stereocenters. The highest BCUT2D eigenvalue weighted by atomic mass is 32.1. The Morgan fingerprint density at radius 1 is 1.56 bits per heavy atom. The van der Waals surface area contributed by atoms with Gasteiger partial charge in [0.05, 0.1) is 19.8 Å². The third-order valence-electron chi connectivity index (χ3n) is 2.36. The summed E-state index contributed by atoms with van der Waals surface area (Å²) in [6, 6.07) is 4.08. The normalized spacial score (nSPS) is 20.6. The van der Waals surface area contributed by atoms with Crippen LogP contribution in [-0.2, 0) is 20.7 Å². The van der Waals surface area contributed by atoms with Crippen LogP contribution in [0.1, 0.15) is 4.88 Å². The lowest BCUT2D eigenvalue weighted by Crippen LogP contribution is -2.43. The molecule has 2 rings (SSSR count). The summed E-state index contributed by atoms with van der Waals surface area (Å²) in [7, 11) is 0. The van der Waals surface area contributed by atoms with Crippen molar-refractivity contribution in [3.63, 3.8) is 0 Å². The fourth-order valence-electron chi connectivity index (χ4n) is 1.52. The molecule has 0 radical (unpaired) electrons. The van der Waals surface area contributed by atoms with E-state index >= 15 is 0 Å². The summed E-state index contributed by atoms with van der Waals surface area (Å²) < 4.78 is 10.5. The van der Waals surface area contributed by atoms with Gasteiger partial charge in [0.25, 0.3) is 5.91 Å². The van der Waals surface area contributed by atoms with Gasteiger partial charge < -0.3 is 14.8 Å². The summed E-state index contributed by atoms with van der Waals surface area (Å²) in [6.07, 6.45) is 0.439. The number of hydrogen-bond acceptors (Lipinski definition) is 4. The number of thiophene rings is 1. The molecule has 88 valence electrons. The van der Waals surface area contributed by atoms with Gasteiger partial charge in [0.15, 0.2) is 6.10 Å². The largest absolute Gasteiger partial charge is 0.376 e. The fourth-order valence-corrected chi connectivity index (χ4v) is 2.23. The molecule has 0 aromatic carbocycles. The standard InChI is InChI=1S/C11H15NO3S/c13-11(10-8-14-5-6-15-10)12-4-3-9-2-1-7-16-9/h1-2,7,10H,3-6,8H2,(H,12,13)/t10-/m1/s1. The van der Waals surface area contributed by atoms with Crippen molar-refractivity contribution in [3.05, 3.63) is 22.4 Å². The predicted molar refractivity (Wildman–Crippen MR) is 61.6 cm³/mol. The van der Waals surface area contributed by atoms with Crippen molar-refractivity contribution in [2.24, 2.45) is 0 Å². The topological polar surface area (TPSA) is 47.6 Å². The molecule has 1 aliphatic heterocycles. The molecule has 2 heterocycles. The molecule has 0 unspecified atom stereocenters. The van der Waals surface area contributed by atoms with Crippen molar-refractivity contribution in [2.45, 2.75) is 12.5 Å². The quantitative estimate of drug-likeness (QED) is 0.849. The number of ether oxygens (including phenoxy) is 2. The molecule has 1 N–H and O–H groups in total. The molecule has 1 aromatic rings. The average molecular weight is 241 g/mol. The second-order valence-corrected chi connectivity index (χ2v) is 4.59. The monoisotopic (exact) mass is 241 g/mol. The third-order valence-corrected chi connectivity index (χ3v) is 3.30. The molecule has 16 heavy (non-hydrogen) atoms. The van der Waals surface area contributed by atoms with Crippen molar-refractivity contribution in [2.75, 3.05) is 26.4 Å². The Labute approximate surface area is 98.6 Å². The van der Waals surface area contributed by atoms with Crippen LogP contribution in [0.2, 0.25) is 0 Å². The molecule has 4 nitrogen and oxygen atoms in total. The molecule has 1 aromatic heterocycles. The molecular formula is C11H15NO3S. The highest BCUT2D eigenvalue weighted by Gasteiger charge is 2.21. The van der Waals surface area contributed by atoms with Gasteiger partial charge >= 0.3 is 0 Å². The van der Waals surface area contributed by atoms with Gasteiger partial charge in [-0.25, -0.2) is 0 Å². The number of amides is 1. The zero-order chi connectivity index (χ0) is 11.2. The SMILES string of the molecule is O=C(NCCc1cccs1)[C@H]1COCCO1. The van der Waals surface area contributed by atoms with E-state index in [9.17, 15) is 4.79 Å². The lowest BCUT2D eigenvalue weighted by atomic mass is 10.3. The first-order valence-electron chi connectivity index (χ1n) is 5.36. The van der Waals surface area contributed by atoms with Gasteiger partial charge in [0.2, 0.25) is 0 Å². The van der Waals surface area contributed by atoms with E-state index in [-0.39, 0.29) is 5.91 Å². The van der Waals surface area contributed by atoms with Crippen molar-refractivity contribution in [1.29, 1.82) is 0 Å². The molecule has 5 heteroatoms. The van der Waals surface area contributed by atoms with Crippen LogP contribution in [0.5, 0.6) is 0 Å². The van der Waals surface area contributed by atoms with Crippen molar-refractivity contribution < 1.29 is 14.3 Å². The summed E-state index contributed by atoms with van der Waals surface area (Å²) >= 11 is 1.70. The number of carbonyl (C=O) groups is 1. The van der Waals surface area contributed by atoms with Crippen LogP contribution in [0.3, 0.4) is 0 Å². The summed E-state index contributed by atoms with van der Waals surface area (Å²) in [4.78, 5) is 12.9. The molecule has 1 aliphatic rings. The zero-order valence-electron chi connectivity index (χ0n) is 8.98. The van der Waals surface area contributed by atoms with Gasteiger partial charge in [-0.05, 0) is 17.9 Å². The zero-order valence-corrected chi connectivity index (χ0v) is 9.79. The van der Waals surface area contributed by atoms with Crippen LogP contribution >= 0.6 is 11.3 Å². The summed E-state index contributed by atoms with van der Waals surface area (Å²) in [6.45, 7) is 2.10. The number of nitrogens with one attached hydrogen (secondary N) is 1. The van der Waals surface area contributed by atoms with Crippen molar-refractivity contribution >= 4 is 17.2 Å². The first kappa shape index (κ1) is 11.6. The van der Waals surface area contributed by atoms with Gasteiger partial charge in [-0.1, -0.05) is 6.07 Å². The molecule has 0 aliphatic carbocycles. The Hall–Kier alpha value is -0.910. The molecule has 1 saturated heterocycles. The van der Waals surface area contributed by atoms with Gasteiger partial charge in [0.1, 0.15) is 0 Å². The maximum atomic E-state index is 11.6. The Balaban J connectivity index is 1.67. The Kier molecular flexibility index (Phi) is 4.33. The summed E-state index contributed by atoms with van der Waals surface area (Å²) in [5, 5.41) is 4.89. The number of rotatable bonds is 4. The van der Waals surface area contributed by atoms with Crippen LogP contribution < -0.4 is 5.32 Å². The third kappa shape index (κ3) is 3.30. The van der Waals surface area contributed by atoms with Crippen LogP contribution in [-0.4, -0.2) is 38.4 Å². The maximum Gasteiger partial charge on any atom is 0.251 e.